The van der Waals surface area contributed by atoms with Crippen molar-refractivity contribution >= 4 is 15.9 Å². The summed E-state index contributed by atoms with van der Waals surface area (Å²) < 4.78 is 0. The van der Waals surface area contributed by atoms with E-state index in [0.717, 1.165) is 40.8 Å². The SMILES string of the molecule is C=CC1CC(/C=C\C2CC(C=C)C(CCCC)C2)C(CCCBr)C1. The largest absolute Gasteiger partial charge is 0.103 e. The van der Waals surface area contributed by atoms with Gasteiger partial charge < -0.3 is 0 Å². The Balaban J connectivity index is 1.90. The molecule has 1 heteroatoms. The molecule has 0 heterocycles. The van der Waals surface area contributed by atoms with Crippen molar-refractivity contribution < 1.29 is 0 Å². The second kappa shape index (κ2) is 10.6. The maximum absolute atomic E-state index is 4.10. The Morgan fingerprint density at radius 3 is 2.17 bits per heavy atom. The first kappa shape index (κ1) is 20.0. The molecule has 2 aliphatic carbocycles. The minimum atomic E-state index is 0.738. The molecule has 6 unspecified atom stereocenters. The number of alkyl halides is 1. The number of unbranched alkanes of at least 4 members (excludes halogenated alkanes) is 1. The van der Waals surface area contributed by atoms with Gasteiger partial charge in [-0.15, -0.1) is 13.2 Å². The molecule has 0 spiro atoms. The Labute approximate surface area is 159 Å². The lowest BCUT2D eigenvalue weighted by molar-refractivity contribution is 0.409. The maximum Gasteiger partial charge on any atom is 0.00314 e. The van der Waals surface area contributed by atoms with E-state index in [4.69, 9.17) is 0 Å². The highest BCUT2D eigenvalue weighted by molar-refractivity contribution is 9.09. The number of hydrogen-bond donors (Lipinski definition) is 0. The molecule has 2 aliphatic rings. The molecule has 0 aromatic rings. The molecule has 0 aromatic heterocycles. The molecule has 136 valence electrons. The maximum atomic E-state index is 4.10. The second-order valence-electron chi connectivity index (χ2n) is 8.14. The van der Waals surface area contributed by atoms with Crippen molar-refractivity contribution in [2.45, 2.75) is 64.7 Å². The van der Waals surface area contributed by atoms with E-state index < -0.39 is 0 Å². The molecule has 2 saturated carbocycles. The van der Waals surface area contributed by atoms with E-state index in [2.05, 4.69) is 60.3 Å². The van der Waals surface area contributed by atoms with Crippen molar-refractivity contribution in [2.24, 2.45) is 35.5 Å². The van der Waals surface area contributed by atoms with Gasteiger partial charge in [0.2, 0.25) is 0 Å². The molecule has 0 radical (unpaired) electrons. The van der Waals surface area contributed by atoms with Crippen LogP contribution in [0.5, 0.6) is 0 Å². The lowest BCUT2D eigenvalue weighted by Gasteiger charge is -2.16. The van der Waals surface area contributed by atoms with Crippen LogP contribution in [0, 0.1) is 35.5 Å². The summed E-state index contributed by atoms with van der Waals surface area (Å²) in [6.07, 6.45) is 21.8. The lowest BCUT2D eigenvalue weighted by atomic mass is 9.90. The molecule has 6 atom stereocenters. The van der Waals surface area contributed by atoms with Gasteiger partial charge in [-0.1, -0.05) is 60.0 Å². The van der Waals surface area contributed by atoms with Crippen molar-refractivity contribution in [2.75, 3.05) is 5.33 Å². The van der Waals surface area contributed by atoms with Crippen molar-refractivity contribution in [1.29, 1.82) is 0 Å². The van der Waals surface area contributed by atoms with Crippen molar-refractivity contribution in [3.05, 3.63) is 37.5 Å². The van der Waals surface area contributed by atoms with Crippen LogP contribution in [0.1, 0.15) is 64.7 Å². The van der Waals surface area contributed by atoms with Crippen LogP contribution in [-0.4, -0.2) is 5.33 Å². The fourth-order valence-electron chi connectivity index (χ4n) is 5.05. The first-order chi connectivity index (χ1) is 11.7. The Morgan fingerprint density at radius 2 is 1.50 bits per heavy atom. The average molecular weight is 393 g/mol. The molecule has 2 rings (SSSR count). The van der Waals surface area contributed by atoms with Gasteiger partial charge in [0.05, 0.1) is 0 Å². The highest BCUT2D eigenvalue weighted by Gasteiger charge is 2.33. The zero-order valence-electron chi connectivity index (χ0n) is 15.6. The van der Waals surface area contributed by atoms with Crippen molar-refractivity contribution in [3.8, 4) is 0 Å². The van der Waals surface area contributed by atoms with Crippen molar-refractivity contribution in [1.82, 2.24) is 0 Å². The molecule has 0 aliphatic heterocycles. The molecule has 0 amide bonds. The Bertz CT molecular complexity index is 410. The first-order valence-corrected chi connectivity index (χ1v) is 11.3. The lowest BCUT2D eigenvalue weighted by Crippen LogP contribution is -2.06. The Hall–Kier alpha value is -0.300. The van der Waals surface area contributed by atoms with E-state index in [1.54, 1.807) is 0 Å². The second-order valence-corrected chi connectivity index (χ2v) is 8.93. The quantitative estimate of drug-likeness (QED) is 0.265. The predicted octanol–water partition coefficient (Wildman–Crippen LogP) is 7.56. The van der Waals surface area contributed by atoms with E-state index in [1.165, 1.54) is 57.8 Å². The van der Waals surface area contributed by atoms with Gasteiger partial charge in [-0.05, 0) is 80.5 Å². The monoisotopic (exact) mass is 392 g/mol. The number of hydrogen-bond acceptors (Lipinski definition) is 0. The van der Waals surface area contributed by atoms with Crippen LogP contribution < -0.4 is 0 Å². The molecule has 24 heavy (non-hydrogen) atoms. The molecule has 2 fully saturated rings. The summed E-state index contributed by atoms with van der Waals surface area (Å²) in [5.41, 5.74) is 0. The van der Waals surface area contributed by atoms with Gasteiger partial charge in [-0.2, -0.15) is 0 Å². The van der Waals surface area contributed by atoms with Crippen LogP contribution in [0.25, 0.3) is 0 Å². The van der Waals surface area contributed by atoms with Crippen LogP contribution in [-0.2, 0) is 0 Å². The fraction of sp³-hybridized carbons (Fsp3) is 0.739. The average Bonchev–Trinajstić information content (AvgIpc) is 3.19. The number of allylic oxidation sites excluding steroid dienone is 4. The van der Waals surface area contributed by atoms with Crippen LogP contribution >= 0.6 is 15.9 Å². The summed E-state index contributed by atoms with van der Waals surface area (Å²) in [4.78, 5) is 0. The number of rotatable bonds is 10. The fourth-order valence-corrected chi connectivity index (χ4v) is 5.37. The minimum Gasteiger partial charge on any atom is -0.103 e. The third kappa shape index (κ3) is 5.61. The van der Waals surface area contributed by atoms with Gasteiger partial charge in [0.1, 0.15) is 0 Å². The molecule has 0 nitrogen and oxygen atoms in total. The first-order valence-electron chi connectivity index (χ1n) is 10.2. The van der Waals surface area contributed by atoms with Gasteiger partial charge in [0, 0.05) is 5.33 Å². The summed E-state index contributed by atoms with van der Waals surface area (Å²) in [5.74, 6) is 4.81. The summed E-state index contributed by atoms with van der Waals surface area (Å²) in [5, 5.41) is 1.14. The van der Waals surface area contributed by atoms with E-state index >= 15 is 0 Å². The van der Waals surface area contributed by atoms with Gasteiger partial charge >= 0.3 is 0 Å². The summed E-state index contributed by atoms with van der Waals surface area (Å²) in [6.45, 7) is 10.4. The minimum absolute atomic E-state index is 0.738. The molecule has 0 N–H and O–H groups in total. The van der Waals surface area contributed by atoms with Gasteiger partial charge in [-0.25, -0.2) is 0 Å². The third-order valence-electron chi connectivity index (χ3n) is 6.48. The smallest absolute Gasteiger partial charge is 0.00314 e. The highest BCUT2D eigenvalue weighted by Crippen LogP contribution is 2.43. The molecule has 0 bridgehead atoms. The molecule has 0 aromatic carbocycles. The van der Waals surface area contributed by atoms with E-state index in [0.29, 0.717) is 0 Å². The molecular formula is C23H37Br. The highest BCUT2D eigenvalue weighted by atomic mass is 79.9. The summed E-state index contributed by atoms with van der Waals surface area (Å²) >= 11 is 3.60. The van der Waals surface area contributed by atoms with E-state index in [1.807, 2.05) is 0 Å². The van der Waals surface area contributed by atoms with E-state index in [9.17, 15) is 0 Å². The normalized spacial score (nSPS) is 36.4. The predicted molar refractivity (Wildman–Crippen MR) is 111 cm³/mol. The van der Waals surface area contributed by atoms with Gasteiger partial charge in [0.25, 0.3) is 0 Å². The van der Waals surface area contributed by atoms with Gasteiger partial charge in [0.15, 0.2) is 0 Å². The zero-order valence-corrected chi connectivity index (χ0v) is 17.2. The standard InChI is InChI=1S/C23H37Br/c1-4-7-9-21-17-19(16-20(21)6-3)11-12-23-15-18(5-2)14-22(23)10-8-13-24/h5-6,11-12,18-23H,2-4,7-10,13-17H2,1H3/b12-11-. The topological polar surface area (TPSA) is 0 Å². The number of halogens is 1. The van der Waals surface area contributed by atoms with Crippen LogP contribution in [0.2, 0.25) is 0 Å². The zero-order chi connectivity index (χ0) is 17.4. The Morgan fingerprint density at radius 1 is 0.833 bits per heavy atom. The third-order valence-corrected chi connectivity index (χ3v) is 7.04. The summed E-state index contributed by atoms with van der Waals surface area (Å²) in [7, 11) is 0. The van der Waals surface area contributed by atoms with Gasteiger partial charge in [-0.3, -0.25) is 0 Å². The summed E-state index contributed by atoms with van der Waals surface area (Å²) in [6, 6.07) is 0. The molecular weight excluding hydrogens is 356 g/mol. The van der Waals surface area contributed by atoms with Crippen LogP contribution in [0.4, 0.5) is 0 Å². The van der Waals surface area contributed by atoms with Crippen LogP contribution in [0.3, 0.4) is 0 Å². The Kier molecular flexibility index (Phi) is 8.87. The van der Waals surface area contributed by atoms with Crippen LogP contribution in [0.15, 0.2) is 37.5 Å². The van der Waals surface area contributed by atoms with E-state index in [-0.39, 0.29) is 0 Å². The molecule has 0 saturated heterocycles. The van der Waals surface area contributed by atoms with Crippen molar-refractivity contribution in [3.63, 3.8) is 0 Å².